The zero-order valence-electron chi connectivity index (χ0n) is 9.70. The lowest BCUT2D eigenvalue weighted by Gasteiger charge is -2.12. The average Bonchev–Trinajstić information content (AvgIpc) is 2.26. The van der Waals surface area contributed by atoms with E-state index in [0.29, 0.717) is 11.8 Å². The number of hydrogen-bond acceptors (Lipinski definition) is 2. The van der Waals surface area contributed by atoms with E-state index in [9.17, 15) is 5.11 Å². The fourth-order valence-electron chi connectivity index (χ4n) is 1.77. The van der Waals surface area contributed by atoms with Crippen LogP contribution >= 0.6 is 0 Å². The third-order valence-corrected chi connectivity index (χ3v) is 2.30. The molecule has 0 fully saturated rings. The molecule has 1 aromatic rings. The van der Waals surface area contributed by atoms with E-state index in [-0.39, 0.29) is 5.88 Å². The lowest BCUT2D eigenvalue weighted by Crippen LogP contribution is -2.11. The quantitative estimate of drug-likeness (QED) is 0.807. The van der Waals surface area contributed by atoms with Crippen molar-refractivity contribution >= 4 is 0 Å². The van der Waals surface area contributed by atoms with E-state index in [1.54, 1.807) is 0 Å². The van der Waals surface area contributed by atoms with Gasteiger partial charge in [-0.05, 0) is 18.8 Å². The maximum absolute atomic E-state index is 9.55. The van der Waals surface area contributed by atoms with Gasteiger partial charge in [0.15, 0.2) is 0 Å². The maximum Gasteiger partial charge on any atom is 0.233 e. The van der Waals surface area contributed by atoms with Crippen LogP contribution in [0.5, 0.6) is 5.88 Å². The van der Waals surface area contributed by atoms with Gasteiger partial charge in [0.05, 0.1) is 0 Å². The fourth-order valence-corrected chi connectivity index (χ4v) is 1.77. The second kappa shape index (κ2) is 4.03. The lowest BCUT2D eigenvalue weighted by atomic mass is 10.1. The number of aromatic hydroxyl groups is 1. The first-order valence-electron chi connectivity index (χ1n) is 5.19. The van der Waals surface area contributed by atoms with Gasteiger partial charge >= 0.3 is 0 Å². The Hall–Kier alpha value is -0.990. The first-order chi connectivity index (χ1) is 6.43. The molecule has 0 bridgehead atoms. The summed E-state index contributed by atoms with van der Waals surface area (Å²) in [4.78, 5) is 0. The molecule has 0 atom stereocenters. The van der Waals surface area contributed by atoms with E-state index in [1.165, 1.54) is 0 Å². The molecule has 0 unspecified atom stereocenters. The van der Waals surface area contributed by atoms with Crippen LogP contribution in [0.4, 0.5) is 0 Å². The molecule has 0 aliphatic heterocycles. The largest absolute Gasteiger partial charge is 0.492 e. The normalized spacial score (nSPS) is 11.6. The number of aromatic nitrogens is 2. The lowest BCUT2D eigenvalue weighted by molar-refractivity contribution is 0.413. The van der Waals surface area contributed by atoms with E-state index >= 15 is 0 Å². The van der Waals surface area contributed by atoms with Crippen LogP contribution in [0.15, 0.2) is 0 Å². The van der Waals surface area contributed by atoms with Gasteiger partial charge < -0.3 is 5.11 Å². The third-order valence-electron chi connectivity index (χ3n) is 2.30. The molecule has 0 amide bonds. The fraction of sp³-hybridized carbons (Fsp3) is 0.727. The van der Waals surface area contributed by atoms with Crippen LogP contribution in [0.1, 0.15) is 44.9 Å². The molecular weight excluding hydrogens is 176 g/mol. The molecule has 0 spiro atoms. The Labute approximate surface area is 85.8 Å². The molecule has 14 heavy (non-hydrogen) atoms. The molecular formula is C11H20N2O. The van der Waals surface area contributed by atoms with Gasteiger partial charge in [-0.3, -0.25) is 4.68 Å². The molecule has 3 nitrogen and oxygen atoms in total. The van der Waals surface area contributed by atoms with E-state index < -0.39 is 0 Å². The van der Waals surface area contributed by atoms with Gasteiger partial charge in [0.1, 0.15) is 0 Å². The first kappa shape index (κ1) is 11.1. The summed E-state index contributed by atoms with van der Waals surface area (Å²) < 4.78 is 1.93. The van der Waals surface area contributed by atoms with E-state index in [0.717, 1.165) is 17.8 Å². The monoisotopic (exact) mass is 196 g/mol. The summed E-state index contributed by atoms with van der Waals surface area (Å²) in [6.45, 7) is 11.3. The smallest absolute Gasteiger partial charge is 0.233 e. The van der Waals surface area contributed by atoms with Gasteiger partial charge in [-0.15, -0.1) is 5.10 Å². The number of hydrogen-bond donors (Lipinski definition) is 1. The minimum absolute atomic E-state index is 0.175. The molecule has 1 N–H and O–H groups in total. The number of rotatable bonds is 3. The van der Waals surface area contributed by atoms with E-state index in [2.05, 4.69) is 32.8 Å². The van der Waals surface area contributed by atoms with Crippen LogP contribution in [-0.4, -0.2) is 14.9 Å². The molecule has 0 aromatic carbocycles. The van der Waals surface area contributed by atoms with Crippen molar-refractivity contribution in [3.05, 3.63) is 11.3 Å². The standard InChI is InChI=1S/C11H20N2O/c1-7(2)6-13-10(8(3)4)9(5)11(14)12-13/h7-8H,6H2,1-5H3,(H,12,14). The van der Waals surface area contributed by atoms with Gasteiger partial charge in [-0.25, -0.2) is 0 Å². The summed E-state index contributed by atoms with van der Waals surface area (Å²) >= 11 is 0. The zero-order valence-corrected chi connectivity index (χ0v) is 9.70. The van der Waals surface area contributed by atoms with E-state index in [4.69, 9.17) is 0 Å². The van der Waals surface area contributed by atoms with Crippen LogP contribution < -0.4 is 0 Å². The molecule has 3 heteroatoms. The summed E-state index contributed by atoms with van der Waals surface area (Å²) in [5, 5.41) is 13.7. The average molecular weight is 196 g/mol. The molecule has 0 aliphatic carbocycles. The second-order valence-corrected chi connectivity index (χ2v) is 4.56. The highest BCUT2D eigenvalue weighted by molar-refractivity contribution is 5.30. The zero-order chi connectivity index (χ0) is 10.9. The highest BCUT2D eigenvalue weighted by atomic mass is 16.3. The molecule has 1 aromatic heterocycles. The van der Waals surface area contributed by atoms with Gasteiger partial charge in [0.2, 0.25) is 5.88 Å². The van der Waals surface area contributed by atoms with Crippen LogP contribution in [0, 0.1) is 12.8 Å². The highest BCUT2D eigenvalue weighted by Crippen LogP contribution is 2.26. The predicted molar refractivity (Wildman–Crippen MR) is 57.6 cm³/mol. The van der Waals surface area contributed by atoms with Crippen molar-refractivity contribution in [2.24, 2.45) is 5.92 Å². The Kier molecular flexibility index (Phi) is 3.19. The molecule has 1 rings (SSSR count). The van der Waals surface area contributed by atoms with Crippen molar-refractivity contribution in [3.63, 3.8) is 0 Å². The predicted octanol–water partition coefficient (Wildman–Crippen LogP) is 2.68. The maximum atomic E-state index is 9.55. The minimum Gasteiger partial charge on any atom is -0.492 e. The molecule has 1 heterocycles. The van der Waals surface area contributed by atoms with Crippen LogP contribution in [-0.2, 0) is 6.54 Å². The molecule has 0 saturated carbocycles. The Balaban J connectivity index is 3.09. The Morgan fingerprint density at radius 1 is 1.29 bits per heavy atom. The summed E-state index contributed by atoms with van der Waals surface area (Å²) in [5.41, 5.74) is 2.07. The molecule has 0 aliphatic rings. The summed E-state index contributed by atoms with van der Waals surface area (Å²) in [7, 11) is 0. The summed E-state index contributed by atoms with van der Waals surface area (Å²) in [6.07, 6.45) is 0. The molecule has 0 saturated heterocycles. The van der Waals surface area contributed by atoms with Crippen molar-refractivity contribution in [3.8, 4) is 5.88 Å². The minimum atomic E-state index is 0.175. The highest BCUT2D eigenvalue weighted by Gasteiger charge is 2.16. The van der Waals surface area contributed by atoms with Crippen molar-refractivity contribution in [2.45, 2.75) is 47.1 Å². The van der Waals surface area contributed by atoms with Crippen molar-refractivity contribution in [1.82, 2.24) is 9.78 Å². The third kappa shape index (κ3) is 2.08. The van der Waals surface area contributed by atoms with Crippen LogP contribution in [0.2, 0.25) is 0 Å². The van der Waals surface area contributed by atoms with Crippen LogP contribution in [0.25, 0.3) is 0 Å². The summed E-state index contributed by atoms with van der Waals surface area (Å²) in [5.74, 6) is 1.13. The van der Waals surface area contributed by atoms with Crippen molar-refractivity contribution in [1.29, 1.82) is 0 Å². The van der Waals surface area contributed by atoms with Gasteiger partial charge in [-0.2, -0.15) is 0 Å². The Morgan fingerprint density at radius 2 is 1.86 bits per heavy atom. The van der Waals surface area contributed by atoms with Gasteiger partial charge in [-0.1, -0.05) is 27.7 Å². The SMILES string of the molecule is Cc1c(O)nn(CC(C)C)c1C(C)C. The van der Waals surface area contributed by atoms with Crippen molar-refractivity contribution in [2.75, 3.05) is 0 Å². The summed E-state index contributed by atoms with van der Waals surface area (Å²) in [6, 6.07) is 0. The Morgan fingerprint density at radius 3 is 2.29 bits per heavy atom. The van der Waals surface area contributed by atoms with E-state index in [1.807, 2.05) is 11.6 Å². The molecule has 80 valence electrons. The topological polar surface area (TPSA) is 38.1 Å². The van der Waals surface area contributed by atoms with Gasteiger partial charge in [0.25, 0.3) is 0 Å². The van der Waals surface area contributed by atoms with Crippen LogP contribution in [0.3, 0.4) is 0 Å². The molecule has 0 radical (unpaired) electrons. The number of nitrogens with zero attached hydrogens (tertiary/aromatic N) is 2. The Bertz CT molecular complexity index is 313. The first-order valence-corrected chi connectivity index (χ1v) is 5.19. The second-order valence-electron chi connectivity index (χ2n) is 4.56. The van der Waals surface area contributed by atoms with Crippen molar-refractivity contribution < 1.29 is 5.11 Å². The van der Waals surface area contributed by atoms with Gasteiger partial charge in [0, 0.05) is 17.8 Å².